The molecule has 0 saturated carbocycles. The molecule has 0 spiro atoms. The molecular formula is C20H40FN. The molecule has 1 aliphatic rings. The number of nitrogens with zero attached hydrogens (tertiary/aromatic N) is 1. The number of hydrogen-bond donors (Lipinski definition) is 0. The van der Waals surface area contributed by atoms with E-state index in [2.05, 4.69) is 18.9 Å². The van der Waals surface area contributed by atoms with Crippen molar-refractivity contribution in [2.24, 2.45) is 5.92 Å². The van der Waals surface area contributed by atoms with Gasteiger partial charge in [-0.2, -0.15) is 0 Å². The first kappa shape index (κ1) is 26.0. The molecule has 0 amide bonds. The van der Waals surface area contributed by atoms with Crippen molar-refractivity contribution in [2.45, 2.75) is 67.7 Å². The Kier molecular flexibility index (Phi) is 26.5. The Morgan fingerprint density at radius 3 is 1.77 bits per heavy atom. The highest BCUT2D eigenvalue weighted by Crippen LogP contribution is 2.17. The molecule has 1 aromatic carbocycles. The van der Waals surface area contributed by atoms with Crippen molar-refractivity contribution in [3.63, 3.8) is 0 Å². The second-order valence-corrected chi connectivity index (χ2v) is 4.47. The van der Waals surface area contributed by atoms with Gasteiger partial charge in [0, 0.05) is 6.54 Å². The van der Waals surface area contributed by atoms with Crippen LogP contribution in [0.25, 0.3) is 0 Å². The van der Waals surface area contributed by atoms with E-state index in [-0.39, 0.29) is 5.82 Å². The predicted octanol–water partition coefficient (Wildman–Crippen LogP) is 6.64. The van der Waals surface area contributed by atoms with Crippen LogP contribution in [0.1, 0.15) is 67.7 Å². The minimum absolute atomic E-state index is 0.178. The zero-order valence-electron chi connectivity index (χ0n) is 16.3. The first-order valence-corrected chi connectivity index (χ1v) is 9.11. The third-order valence-electron chi connectivity index (χ3n) is 3.03. The summed E-state index contributed by atoms with van der Waals surface area (Å²) in [5, 5.41) is 0. The molecule has 0 aliphatic carbocycles. The molecule has 1 aromatic rings. The van der Waals surface area contributed by atoms with Crippen LogP contribution in [0.3, 0.4) is 0 Å². The maximum atomic E-state index is 11.9. The molecule has 2 rings (SSSR count). The fraction of sp³-hybridized carbons (Fsp3) is 0.700. The lowest BCUT2D eigenvalue weighted by molar-refractivity contribution is 0.206. The molecule has 0 radical (unpaired) electrons. The Bertz CT molecular complexity index is 274. The highest BCUT2D eigenvalue weighted by molar-refractivity contribution is 5.02. The smallest absolute Gasteiger partial charge is 0.123 e. The van der Waals surface area contributed by atoms with Crippen molar-refractivity contribution in [3.8, 4) is 0 Å². The van der Waals surface area contributed by atoms with E-state index >= 15 is 0 Å². The van der Waals surface area contributed by atoms with Gasteiger partial charge in [-0.1, -0.05) is 73.1 Å². The van der Waals surface area contributed by atoms with Gasteiger partial charge in [0.25, 0.3) is 0 Å². The van der Waals surface area contributed by atoms with Gasteiger partial charge in [0.05, 0.1) is 0 Å². The monoisotopic (exact) mass is 313 g/mol. The lowest BCUT2D eigenvalue weighted by atomic mass is 9.96. The fourth-order valence-electron chi connectivity index (χ4n) is 2.02. The molecule has 1 nitrogen and oxygen atoms in total. The van der Waals surface area contributed by atoms with Gasteiger partial charge in [-0.25, -0.2) is 4.39 Å². The van der Waals surface area contributed by atoms with Crippen LogP contribution in [0.15, 0.2) is 30.3 Å². The summed E-state index contributed by atoms with van der Waals surface area (Å²) in [7, 11) is 2.22. The number of hydrogen-bond acceptors (Lipinski definition) is 1. The van der Waals surface area contributed by atoms with Crippen molar-refractivity contribution < 1.29 is 4.39 Å². The SMILES string of the molecule is CC.CC.CC.CCC1CCCN(C)C1.Fc1ccccc1. The molecule has 0 bridgehead atoms. The highest BCUT2D eigenvalue weighted by Gasteiger charge is 2.14. The maximum absolute atomic E-state index is 11.9. The number of rotatable bonds is 1. The van der Waals surface area contributed by atoms with Crippen molar-refractivity contribution in [1.29, 1.82) is 0 Å². The first-order chi connectivity index (χ1) is 10.7. The zero-order valence-corrected chi connectivity index (χ0v) is 16.3. The highest BCUT2D eigenvalue weighted by atomic mass is 19.1. The first-order valence-electron chi connectivity index (χ1n) is 9.11. The summed E-state index contributed by atoms with van der Waals surface area (Å²) >= 11 is 0. The molecule has 1 aliphatic heterocycles. The van der Waals surface area contributed by atoms with Gasteiger partial charge in [0.1, 0.15) is 5.82 Å². The van der Waals surface area contributed by atoms with Crippen LogP contribution < -0.4 is 0 Å². The summed E-state index contributed by atoms with van der Waals surface area (Å²) in [6.45, 7) is 16.9. The van der Waals surface area contributed by atoms with Gasteiger partial charge in [-0.3, -0.25) is 0 Å². The van der Waals surface area contributed by atoms with E-state index in [9.17, 15) is 4.39 Å². The minimum atomic E-state index is -0.178. The summed E-state index contributed by atoms with van der Waals surface area (Å²) in [5.74, 6) is 0.811. The Morgan fingerprint density at radius 2 is 1.50 bits per heavy atom. The van der Waals surface area contributed by atoms with Crippen molar-refractivity contribution in [3.05, 3.63) is 36.1 Å². The largest absolute Gasteiger partial charge is 0.306 e. The van der Waals surface area contributed by atoms with Gasteiger partial charge in [-0.05, 0) is 44.5 Å². The summed E-state index contributed by atoms with van der Waals surface area (Å²) in [6.07, 6.45) is 4.24. The van der Waals surface area contributed by atoms with Crippen LogP contribution in [0, 0.1) is 11.7 Å². The molecule has 132 valence electrons. The van der Waals surface area contributed by atoms with Crippen LogP contribution in [0.2, 0.25) is 0 Å². The third-order valence-corrected chi connectivity index (χ3v) is 3.03. The average molecular weight is 314 g/mol. The molecule has 2 heteroatoms. The summed E-state index contributed by atoms with van der Waals surface area (Å²) in [5.41, 5.74) is 0. The second kappa shape index (κ2) is 22.4. The summed E-state index contributed by atoms with van der Waals surface area (Å²) < 4.78 is 11.9. The lowest BCUT2D eigenvalue weighted by Gasteiger charge is -2.28. The van der Waals surface area contributed by atoms with E-state index in [1.54, 1.807) is 18.2 Å². The Morgan fingerprint density at radius 1 is 1.00 bits per heavy atom. The quantitative estimate of drug-likeness (QED) is 0.561. The molecule has 1 saturated heterocycles. The second-order valence-electron chi connectivity index (χ2n) is 4.47. The molecular weight excluding hydrogens is 273 g/mol. The topological polar surface area (TPSA) is 3.24 Å². The summed E-state index contributed by atoms with van der Waals surface area (Å²) in [4.78, 5) is 2.44. The fourth-order valence-corrected chi connectivity index (χ4v) is 2.02. The third kappa shape index (κ3) is 17.2. The molecule has 22 heavy (non-hydrogen) atoms. The number of halogens is 1. The van der Waals surface area contributed by atoms with E-state index in [0.29, 0.717) is 0 Å². The van der Waals surface area contributed by atoms with Gasteiger partial charge in [0.2, 0.25) is 0 Å². The van der Waals surface area contributed by atoms with Gasteiger partial charge >= 0.3 is 0 Å². The predicted molar refractivity (Wildman–Crippen MR) is 101 cm³/mol. The van der Waals surface area contributed by atoms with Crippen molar-refractivity contribution in [1.82, 2.24) is 4.90 Å². The number of piperidine rings is 1. The molecule has 1 unspecified atom stereocenters. The molecule has 1 fully saturated rings. The minimum Gasteiger partial charge on any atom is -0.306 e. The summed E-state index contributed by atoms with van der Waals surface area (Å²) in [6, 6.07) is 7.94. The normalized spacial score (nSPS) is 16.1. The average Bonchev–Trinajstić information content (AvgIpc) is 2.61. The van der Waals surface area contributed by atoms with Gasteiger partial charge in [-0.15, -0.1) is 0 Å². The zero-order chi connectivity index (χ0) is 17.8. The number of likely N-dealkylation sites (tertiary alicyclic amines) is 1. The van der Waals surface area contributed by atoms with Gasteiger partial charge in [0.15, 0.2) is 0 Å². The van der Waals surface area contributed by atoms with Crippen LogP contribution in [-0.2, 0) is 0 Å². The molecule has 0 N–H and O–H groups in total. The van der Waals surface area contributed by atoms with Crippen LogP contribution in [-0.4, -0.2) is 25.0 Å². The molecule has 0 aromatic heterocycles. The Hall–Kier alpha value is -0.890. The lowest BCUT2D eigenvalue weighted by Crippen LogP contribution is -2.31. The van der Waals surface area contributed by atoms with Gasteiger partial charge < -0.3 is 4.90 Å². The van der Waals surface area contributed by atoms with E-state index in [1.807, 2.05) is 41.5 Å². The van der Waals surface area contributed by atoms with E-state index in [0.717, 1.165) is 5.92 Å². The van der Waals surface area contributed by atoms with E-state index in [1.165, 1.54) is 44.5 Å². The van der Waals surface area contributed by atoms with E-state index < -0.39 is 0 Å². The standard InChI is InChI=1S/C8H17N.C6H5F.3C2H6/c1-3-8-5-4-6-9(2)7-8;7-6-4-2-1-3-5-6;3*1-2/h8H,3-7H2,1-2H3;1-5H;3*1-2H3. The van der Waals surface area contributed by atoms with Crippen molar-refractivity contribution in [2.75, 3.05) is 20.1 Å². The van der Waals surface area contributed by atoms with Crippen molar-refractivity contribution >= 4 is 0 Å². The number of benzene rings is 1. The maximum Gasteiger partial charge on any atom is 0.123 e. The van der Waals surface area contributed by atoms with Crippen LogP contribution >= 0.6 is 0 Å². The molecule has 1 atom stereocenters. The Labute approximate surface area is 139 Å². The Balaban J connectivity index is -0.000000249. The van der Waals surface area contributed by atoms with Crippen LogP contribution in [0.4, 0.5) is 4.39 Å². The van der Waals surface area contributed by atoms with E-state index in [4.69, 9.17) is 0 Å². The van der Waals surface area contributed by atoms with Crippen LogP contribution in [0.5, 0.6) is 0 Å². The molecule has 1 heterocycles.